The quantitative estimate of drug-likeness (QED) is 0.609. The third kappa shape index (κ3) is 4.51. The number of halogens is 2. The molecule has 0 saturated carbocycles. The number of ether oxygens (including phenoxy) is 1. The van der Waals surface area contributed by atoms with Gasteiger partial charge in [0.25, 0.3) is 5.56 Å². The summed E-state index contributed by atoms with van der Waals surface area (Å²) in [6.45, 7) is 3.86. The fourth-order valence-corrected chi connectivity index (χ4v) is 4.15. The molecule has 1 aliphatic heterocycles. The van der Waals surface area contributed by atoms with E-state index in [0.29, 0.717) is 34.9 Å². The van der Waals surface area contributed by atoms with Crippen molar-refractivity contribution in [2.24, 2.45) is 5.92 Å². The standard InChI is InChI=1S/C22H23BrFN3O2/c1-14(24)29-18-7-4-16(5-8-18)21-26-20-9-6-17(23)11-19(20)22(28)27(21)13-15-3-2-10-25-12-15/h4-9,11,14-15,25H,2-3,10,12-13H2,1H3. The number of nitrogens with one attached hydrogen (secondary N) is 1. The summed E-state index contributed by atoms with van der Waals surface area (Å²) in [6.07, 6.45) is 0.806. The van der Waals surface area contributed by atoms with E-state index in [9.17, 15) is 9.18 Å². The number of hydrogen-bond donors (Lipinski definition) is 1. The summed E-state index contributed by atoms with van der Waals surface area (Å²) in [5.74, 6) is 1.44. The Hall–Kier alpha value is -2.25. The summed E-state index contributed by atoms with van der Waals surface area (Å²) in [6, 6.07) is 12.6. The van der Waals surface area contributed by atoms with Crippen LogP contribution in [0.2, 0.25) is 0 Å². The van der Waals surface area contributed by atoms with Crippen LogP contribution in [0.3, 0.4) is 0 Å². The number of benzene rings is 2. The van der Waals surface area contributed by atoms with E-state index in [1.165, 1.54) is 6.92 Å². The lowest BCUT2D eigenvalue weighted by atomic mass is 9.99. The Morgan fingerprint density at radius 3 is 2.79 bits per heavy atom. The predicted molar refractivity (Wildman–Crippen MR) is 116 cm³/mol. The predicted octanol–water partition coefficient (Wildman–Crippen LogP) is 4.52. The van der Waals surface area contributed by atoms with Crippen LogP contribution in [0, 0.1) is 5.92 Å². The van der Waals surface area contributed by atoms with E-state index >= 15 is 0 Å². The maximum atomic E-state index is 13.4. The monoisotopic (exact) mass is 459 g/mol. The van der Waals surface area contributed by atoms with Crippen LogP contribution >= 0.6 is 15.9 Å². The van der Waals surface area contributed by atoms with Gasteiger partial charge in [0.15, 0.2) is 0 Å². The zero-order valence-corrected chi connectivity index (χ0v) is 17.8. The smallest absolute Gasteiger partial charge is 0.261 e. The Bertz CT molecular complexity index is 1060. The van der Waals surface area contributed by atoms with E-state index in [1.807, 2.05) is 30.3 Å². The van der Waals surface area contributed by atoms with Crippen LogP contribution in [-0.2, 0) is 6.54 Å². The highest BCUT2D eigenvalue weighted by Crippen LogP contribution is 2.25. The normalized spacial score (nSPS) is 18.0. The summed E-state index contributed by atoms with van der Waals surface area (Å²) in [5.41, 5.74) is 1.41. The Morgan fingerprint density at radius 1 is 1.31 bits per heavy atom. The molecule has 3 aromatic rings. The van der Waals surface area contributed by atoms with Crippen molar-refractivity contribution in [1.29, 1.82) is 0 Å². The van der Waals surface area contributed by atoms with Gasteiger partial charge < -0.3 is 10.1 Å². The highest BCUT2D eigenvalue weighted by molar-refractivity contribution is 9.10. The zero-order valence-electron chi connectivity index (χ0n) is 16.2. The van der Waals surface area contributed by atoms with E-state index in [-0.39, 0.29) is 5.56 Å². The first-order chi connectivity index (χ1) is 14.0. The van der Waals surface area contributed by atoms with Gasteiger partial charge in [0, 0.05) is 23.5 Å². The van der Waals surface area contributed by atoms with E-state index in [1.54, 1.807) is 16.7 Å². The Labute approximate surface area is 177 Å². The molecule has 7 heteroatoms. The molecule has 1 saturated heterocycles. The van der Waals surface area contributed by atoms with Crippen molar-refractivity contribution >= 4 is 26.8 Å². The third-order valence-electron chi connectivity index (χ3n) is 5.17. The van der Waals surface area contributed by atoms with Crippen LogP contribution in [0.15, 0.2) is 51.7 Å². The van der Waals surface area contributed by atoms with Gasteiger partial charge in [0.1, 0.15) is 11.6 Å². The molecule has 1 fully saturated rings. The van der Waals surface area contributed by atoms with Crippen molar-refractivity contribution in [1.82, 2.24) is 14.9 Å². The topological polar surface area (TPSA) is 56.1 Å². The summed E-state index contributed by atoms with van der Waals surface area (Å²) < 4.78 is 20.8. The second-order valence-corrected chi connectivity index (χ2v) is 8.33. The fraction of sp³-hybridized carbons (Fsp3) is 0.364. The molecule has 0 aliphatic carbocycles. The molecule has 2 atom stereocenters. The second-order valence-electron chi connectivity index (χ2n) is 7.41. The molecule has 1 aromatic heterocycles. The second kappa shape index (κ2) is 8.63. The van der Waals surface area contributed by atoms with Gasteiger partial charge in [-0.05, 0) is 74.3 Å². The Balaban J connectivity index is 1.81. The average molecular weight is 460 g/mol. The first kappa shape index (κ1) is 20.0. The van der Waals surface area contributed by atoms with Crippen molar-refractivity contribution in [2.75, 3.05) is 13.1 Å². The zero-order chi connectivity index (χ0) is 20.4. The SMILES string of the molecule is CC(F)Oc1ccc(-c2nc3ccc(Br)cc3c(=O)n2CC2CCCNC2)cc1. The summed E-state index contributed by atoms with van der Waals surface area (Å²) in [7, 11) is 0. The van der Waals surface area contributed by atoms with Crippen LogP contribution in [0.25, 0.3) is 22.3 Å². The Morgan fingerprint density at radius 2 is 2.10 bits per heavy atom. The molecule has 0 bridgehead atoms. The summed E-state index contributed by atoms with van der Waals surface area (Å²) in [4.78, 5) is 18.2. The number of hydrogen-bond acceptors (Lipinski definition) is 4. The lowest BCUT2D eigenvalue weighted by molar-refractivity contribution is 0.0861. The minimum Gasteiger partial charge on any atom is -0.461 e. The molecule has 0 radical (unpaired) electrons. The number of aromatic nitrogens is 2. The minimum atomic E-state index is -1.38. The largest absolute Gasteiger partial charge is 0.461 e. The molecule has 0 amide bonds. The van der Waals surface area contributed by atoms with Gasteiger partial charge in [-0.1, -0.05) is 15.9 Å². The van der Waals surface area contributed by atoms with Crippen LogP contribution in [0.5, 0.6) is 5.75 Å². The van der Waals surface area contributed by atoms with Gasteiger partial charge in [-0.2, -0.15) is 0 Å². The van der Waals surface area contributed by atoms with Crippen molar-refractivity contribution in [2.45, 2.75) is 32.7 Å². The van der Waals surface area contributed by atoms with Crippen LogP contribution in [0.1, 0.15) is 19.8 Å². The van der Waals surface area contributed by atoms with Gasteiger partial charge in [0.05, 0.1) is 10.9 Å². The number of nitrogens with zero attached hydrogens (tertiary/aromatic N) is 2. The maximum absolute atomic E-state index is 13.4. The van der Waals surface area contributed by atoms with Crippen LogP contribution in [0.4, 0.5) is 4.39 Å². The summed E-state index contributed by atoms with van der Waals surface area (Å²) >= 11 is 3.45. The molecule has 2 aromatic carbocycles. The number of fused-ring (bicyclic) bond motifs is 1. The third-order valence-corrected chi connectivity index (χ3v) is 5.66. The number of alkyl halides is 1. The van der Waals surface area contributed by atoms with E-state index in [4.69, 9.17) is 9.72 Å². The van der Waals surface area contributed by atoms with E-state index in [2.05, 4.69) is 21.2 Å². The van der Waals surface area contributed by atoms with Crippen LogP contribution < -0.4 is 15.6 Å². The molecule has 4 rings (SSSR count). The molecule has 1 N–H and O–H groups in total. The highest BCUT2D eigenvalue weighted by atomic mass is 79.9. The molecular weight excluding hydrogens is 437 g/mol. The molecule has 152 valence electrons. The van der Waals surface area contributed by atoms with E-state index in [0.717, 1.165) is 36.0 Å². The van der Waals surface area contributed by atoms with Gasteiger partial charge in [-0.15, -0.1) is 0 Å². The van der Waals surface area contributed by atoms with Crippen molar-refractivity contribution in [3.05, 3.63) is 57.3 Å². The maximum Gasteiger partial charge on any atom is 0.261 e. The highest BCUT2D eigenvalue weighted by Gasteiger charge is 2.19. The molecule has 2 heterocycles. The minimum absolute atomic E-state index is 0.0467. The fourth-order valence-electron chi connectivity index (χ4n) is 3.79. The lowest BCUT2D eigenvalue weighted by Gasteiger charge is -2.25. The van der Waals surface area contributed by atoms with Gasteiger partial charge in [-0.3, -0.25) is 9.36 Å². The van der Waals surface area contributed by atoms with E-state index < -0.39 is 6.36 Å². The number of rotatable bonds is 5. The van der Waals surface area contributed by atoms with Crippen LogP contribution in [-0.4, -0.2) is 29.0 Å². The molecule has 5 nitrogen and oxygen atoms in total. The Kier molecular flexibility index (Phi) is 5.96. The number of piperidine rings is 1. The molecule has 2 unspecified atom stereocenters. The molecular formula is C22H23BrFN3O2. The lowest BCUT2D eigenvalue weighted by Crippen LogP contribution is -2.35. The van der Waals surface area contributed by atoms with Crippen molar-refractivity contribution in [3.63, 3.8) is 0 Å². The summed E-state index contributed by atoms with van der Waals surface area (Å²) in [5, 5.41) is 4.01. The first-order valence-corrected chi connectivity index (χ1v) is 10.6. The molecule has 29 heavy (non-hydrogen) atoms. The molecule has 1 aliphatic rings. The van der Waals surface area contributed by atoms with Gasteiger partial charge >= 0.3 is 0 Å². The first-order valence-electron chi connectivity index (χ1n) is 9.83. The van der Waals surface area contributed by atoms with Gasteiger partial charge in [-0.25, -0.2) is 9.37 Å². The van der Waals surface area contributed by atoms with Gasteiger partial charge in [0.2, 0.25) is 6.36 Å². The molecule has 0 spiro atoms. The average Bonchev–Trinajstić information content (AvgIpc) is 2.71. The van der Waals surface area contributed by atoms with Crippen molar-refractivity contribution in [3.8, 4) is 17.1 Å². The van der Waals surface area contributed by atoms with Crippen molar-refractivity contribution < 1.29 is 9.13 Å².